The minimum absolute atomic E-state index is 0.0322. The number of benzene rings is 2. The molecule has 0 aliphatic heterocycles. The maximum Gasteiger partial charge on any atom is 0.254 e. The van der Waals surface area contributed by atoms with Crippen LogP contribution in [0.2, 0.25) is 0 Å². The van der Waals surface area contributed by atoms with Crippen LogP contribution in [0.25, 0.3) is 0 Å². The molecule has 0 fully saturated rings. The highest BCUT2D eigenvalue weighted by Crippen LogP contribution is 2.19. The van der Waals surface area contributed by atoms with Crippen molar-refractivity contribution < 1.29 is 18.3 Å². The third-order valence-corrected chi connectivity index (χ3v) is 3.72. The molecule has 0 saturated heterocycles. The molecule has 0 saturated carbocycles. The summed E-state index contributed by atoms with van der Waals surface area (Å²) in [6, 6.07) is 10.4. The lowest BCUT2D eigenvalue weighted by atomic mass is 10.2. The number of nitrogens with zero attached hydrogens (tertiary/aromatic N) is 2. The summed E-state index contributed by atoms with van der Waals surface area (Å²) in [6.07, 6.45) is 2.63. The lowest BCUT2D eigenvalue weighted by Crippen LogP contribution is -2.23. The summed E-state index contributed by atoms with van der Waals surface area (Å²) in [5.74, 6) is -1.05. The number of rotatable bonds is 6. The fraction of sp³-hybridized carbons (Fsp3) is 0.105. The largest absolute Gasteiger partial charge is 0.496 e. The summed E-state index contributed by atoms with van der Waals surface area (Å²) in [5, 5.41) is 5.38. The van der Waals surface area contributed by atoms with Crippen molar-refractivity contribution in [3.8, 4) is 5.75 Å². The van der Waals surface area contributed by atoms with Crippen LogP contribution >= 0.6 is 0 Å². The first-order valence-corrected chi connectivity index (χ1v) is 8.01. The Morgan fingerprint density at radius 1 is 1.11 bits per heavy atom. The molecule has 0 aliphatic carbocycles. The summed E-state index contributed by atoms with van der Waals surface area (Å²) < 4.78 is 31.8. The number of nitrogens with one attached hydrogen (secondary N) is 2. The molecular formula is C19H16F2N4O2. The maximum atomic E-state index is 13.6. The van der Waals surface area contributed by atoms with E-state index in [2.05, 4.69) is 20.6 Å². The van der Waals surface area contributed by atoms with E-state index < -0.39 is 11.6 Å². The second kappa shape index (κ2) is 8.22. The van der Waals surface area contributed by atoms with E-state index in [1.54, 1.807) is 13.2 Å². The highest BCUT2D eigenvalue weighted by Gasteiger charge is 2.10. The molecule has 27 heavy (non-hydrogen) atoms. The number of aromatic nitrogens is 2. The minimum Gasteiger partial charge on any atom is -0.496 e. The zero-order valence-corrected chi connectivity index (χ0v) is 14.4. The molecule has 0 aliphatic rings. The molecule has 0 radical (unpaired) electrons. The van der Waals surface area contributed by atoms with E-state index in [-0.39, 0.29) is 29.7 Å². The van der Waals surface area contributed by atoms with Gasteiger partial charge in [-0.15, -0.1) is 0 Å². The van der Waals surface area contributed by atoms with E-state index in [9.17, 15) is 13.6 Å². The van der Waals surface area contributed by atoms with Crippen molar-refractivity contribution in [3.05, 3.63) is 77.6 Å². The lowest BCUT2D eigenvalue weighted by molar-refractivity contribution is 0.0950. The monoisotopic (exact) mass is 370 g/mol. The molecular weight excluding hydrogens is 354 g/mol. The second-order valence-corrected chi connectivity index (χ2v) is 5.54. The third kappa shape index (κ3) is 4.55. The van der Waals surface area contributed by atoms with Crippen molar-refractivity contribution in [1.29, 1.82) is 0 Å². The van der Waals surface area contributed by atoms with Gasteiger partial charge in [0.05, 0.1) is 18.4 Å². The topological polar surface area (TPSA) is 76.1 Å². The summed E-state index contributed by atoms with van der Waals surface area (Å²) in [5.41, 5.74) is 1.11. The minimum atomic E-state index is -0.766. The molecule has 2 aromatic carbocycles. The van der Waals surface area contributed by atoms with Crippen molar-refractivity contribution in [3.63, 3.8) is 0 Å². The first-order chi connectivity index (χ1) is 13.1. The average Bonchev–Trinajstić information content (AvgIpc) is 2.69. The van der Waals surface area contributed by atoms with Gasteiger partial charge >= 0.3 is 0 Å². The normalized spacial score (nSPS) is 10.3. The Hall–Kier alpha value is -3.55. The van der Waals surface area contributed by atoms with Gasteiger partial charge in [0.1, 0.15) is 17.4 Å². The van der Waals surface area contributed by atoms with Crippen LogP contribution in [0, 0.1) is 11.6 Å². The van der Waals surface area contributed by atoms with Gasteiger partial charge < -0.3 is 15.4 Å². The Morgan fingerprint density at radius 2 is 1.85 bits per heavy atom. The van der Waals surface area contributed by atoms with Crippen molar-refractivity contribution in [2.45, 2.75) is 6.54 Å². The highest BCUT2D eigenvalue weighted by atomic mass is 19.1. The number of anilines is 2. The van der Waals surface area contributed by atoms with Crippen LogP contribution in [-0.4, -0.2) is 23.0 Å². The zero-order chi connectivity index (χ0) is 19.2. The third-order valence-electron chi connectivity index (χ3n) is 3.72. The molecule has 0 unspecified atom stereocenters. The fourth-order valence-electron chi connectivity index (χ4n) is 2.35. The van der Waals surface area contributed by atoms with Gasteiger partial charge in [-0.3, -0.25) is 4.79 Å². The number of ether oxygens (including phenoxy) is 1. The average molecular weight is 370 g/mol. The number of amides is 1. The van der Waals surface area contributed by atoms with Crippen LogP contribution in [0.5, 0.6) is 5.75 Å². The van der Waals surface area contributed by atoms with Crippen molar-refractivity contribution in [2.24, 2.45) is 0 Å². The summed E-state index contributed by atoms with van der Waals surface area (Å²) in [6.45, 7) is 0.281. The molecule has 138 valence electrons. The van der Waals surface area contributed by atoms with E-state index in [1.807, 2.05) is 18.2 Å². The number of carbonyl (C=O) groups is 1. The number of hydrogen-bond donors (Lipinski definition) is 2. The smallest absolute Gasteiger partial charge is 0.254 e. The van der Waals surface area contributed by atoms with Crippen molar-refractivity contribution in [2.75, 3.05) is 12.4 Å². The summed E-state index contributed by atoms with van der Waals surface area (Å²) in [7, 11) is 1.56. The number of methoxy groups -OCH3 is 1. The second-order valence-electron chi connectivity index (χ2n) is 5.54. The molecule has 1 heterocycles. The first-order valence-electron chi connectivity index (χ1n) is 8.01. The molecule has 1 amide bonds. The first kappa shape index (κ1) is 18.2. The molecule has 3 rings (SSSR count). The molecule has 0 spiro atoms. The van der Waals surface area contributed by atoms with Crippen molar-refractivity contribution >= 4 is 17.5 Å². The van der Waals surface area contributed by atoms with E-state index in [4.69, 9.17) is 4.74 Å². The standard InChI is InChI=1S/C19H16F2N4O2/c1-27-17-5-3-2-4-12(17)9-22-18(26)13-10-23-19(24-11-13)25-16-7-6-14(20)8-15(16)21/h2-8,10-11H,9H2,1H3,(H,22,26)(H,23,24,25). The quantitative estimate of drug-likeness (QED) is 0.695. The van der Waals surface area contributed by atoms with Crippen LogP contribution in [0.1, 0.15) is 15.9 Å². The Balaban J connectivity index is 1.63. The Bertz CT molecular complexity index is 949. The zero-order valence-electron chi connectivity index (χ0n) is 14.4. The molecule has 1 aromatic heterocycles. The van der Waals surface area contributed by atoms with Gasteiger partial charge in [0.25, 0.3) is 5.91 Å². The molecule has 3 aromatic rings. The Kier molecular flexibility index (Phi) is 5.55. The number of hydrogen-bond acceptors (Lipinski definition) is 5. The van der Waals surface area contributed by atoms with Gasteiger partial charge in [-0.25, -0.2) is 18.7 Å². The highest BCUT2D eigenvalue weighted by molar-refractivity contribution is 5.93. The molecule has 0 atom stereocenters. The Morgan fingerprint density at radius 3 is 2.56 bits per heavy atom. The van der Waals surface area contributed by atoms with E-state index in [1.165, 1.54) is 18.5 Å². The summed E-state index contributed by atoms with van der Waals surface area (Å²) >= 11 is 0. The van der Waals surface area contributed by atoms with Gasteiger partial charge in [0.15, 0.2) is 0 Å². The molecule has 6 nitrogen and oxygen atoms in total. The Labute approximate surface area is 154 Å². The van der Waals surface area contributed by atoms with Gasteiger partial charge in [-0.2, -0.15) is 0 Å². The molecule has 0 bridgehead atoms. The number of para-hydroxylation sites is 1. The van der Waals surface area contributed by atoms with Crippen LogP contribution < -0.4 is 15.4 Å². The van der Waals surface area contributed by atoms with Crippen LogP contribution in [0.3, 0.4) is 0 Å². The molecule has 8 heteroatoms. The van der Waals surface area contributed by atoms with Crippen molar-refractivity contribution in [1.82, 2.24) is 15.3 Å². The lowest BCUT2D eigenvalue weighted by Gasteiger charge is -2.10. The van der Waals surface area contributed by atoms with Crippen LogP contribution in [-0.2, 0) is 6.54 Å². The predicted octanol–water partition coefficient (Wildman–Crippen LogP) is 3.44. The van der Waals surface area contributed by atoms with Gasteiger partial charge in [-0.1, -0.05) is 18.2 Å². The van der Waals surface area contributed by atoms with E-state index in [0.717, 1.165) is 17.7 Å². The maximum absolute atomic E-state index is 13.6. The number of halogens is 2. The SMILES string of the molecule is COc1ccccc1CNC(=O)c1cnc(Nc2ccc(F)cc2F)nc1. The van der Waals surface area contributed by atoms with Gasteiger partial charge in [0.2, 0.25) is 5.95 Å². The molecule has 2 N–H and O–H groups in total. The fourth-order valence-corrected chi connectivity index (χ4v) is 2.35. The van der Waals surface area contributed by atoms with Gasteiger partial charge in [-0.05, 0) is 18.2 Å². The predicted molar refractivity (Wildman–Crippen MR) is 95.8 cm³/mol. The van der Waals surface area contributed by atoms with E-state index >= 15 is 0 Å². The van der Waals surface area contributed by atoms with E-state index in [0.29, 0.717) is 5.75 Å². The summed E-state index contributed by atoms with van der Waals surface area (Å²) in [4.78, 5) is 20.2. The van der Waals surface area contributed by atoms with Crippen LogP contribution in [0.4, 0.5) is 20.4 Å². The van der Waals surface area contributed by atoms with Crippen LogP contribution in [0.15, 0.2) is 54.9 Å². The van der Waals surface area contributed by atoms with Gasteiger partial charge in [0, 0.05) is 30.6 Å². The number of carbonyl (C=O) groups excluding carboxylic acids is 1.